The molecule has 16 heavy (non-hydrogen) atoms. The molecule has 2 heterocycles. The van der Waals surface area contributed by atoms with Crippen LogP contribution in [0.4, 0.5) is 0 Å². The zero-order valence-electron chi connectivity index (χ0n) is 9.43. The lowest BCUT2D eigenvalue weighted by atomic mass is 9.88. The molecule has 0 aromatic heterocycles. The van der Waals surface area contributed by atoms with Gasteiger partial charge in [0.15, 0.2) is 0 Å². The first-order chi connectivity index (χ1) is 7.78. The summed E-state index contributed by atoms with van der Waals surface area (Å²) in [6.45, 7) is 4.11. The number of rotatable bonds is 4. The van der Waals surface area contributed by atoms with E-state index in [0.29, 0.717) is 26.4 Å². The molecule has 0 saturated carbocycles. The van der Waals surface area contributed by atoms with E-state index < -0.39 is 0 Å². The van der Waals surface area contributed by atoms with Gasteiger partial charge in [0.1, 0.15) is 6.29 Å². The number of hydrogen-bond donors (Lipinski definition) is 1. The van der Waals surface area contributed by atoms with Gasteiger partial charge in [-0.3, -0.25) is 4.90 Å². The predicted octanol–water partition coefficient (Wildman–Crippen LogP) is -0.715. The standard InChI is InChI=1S/C11H19NO4/c13-6-10-5-12(2-4-16-10)7-11(8-14)1-3-15-9-11/h8,10,13H,1-7,9H2. The zero-order valence-corrected chi connectivity index (χ0v) is 9.43. The van der Waals surface area contributed by atoms with E-state index in [1.54, 1.807) is 0 Å². The van der Waals surface area contributed by atoms with E-state index in [4.69, 9.17) is 14.6 Å². The molecule has 5 heteroatoms. The van der Waals surface area contributed by atoms with Crippen molar-refractivity contribution < 1.29 is 19.4 Å². The number of nitrogens with zero attached hydrogens (tertiary/aromatic N) is 1. The molecule has 2 fully saturated rings. The summed E-state index contributed by atoms with van der Waals surface area (Å²) in [5.74, 6) is 0. The van der Waals surface area contributed by atoms with Crippen LogP contribution in [0.15, 0.2) is 0 Å². The molecule has 0 bridgehead atoms. The van der Waals surface area contributed by atoms with Gasteiger partial charge in [0.25, 0.3) is 0 Å². The number of aliphatic hydroxyl groups excluding tert-OH is 1. The third-order valence-corrected chi connectivity index (χ3v) is 3.35. The molecule has 0 radical (unpaired) electrons. The van der Waals surface area contributed by atoms with E-state index in [1.807, 2.05) is 0 Å². The molecule has 2 aliphatic heterocycles. The van der Waals surface area contributed by atoms with Crippen LogP contribution in [0.25, 0.3) is 0 Å². The van der Waals surface area contributed by atoms with Gasteiger partial charge in [0, 0.05) is 26.2 Å². The van der Waals surface area contributed by atoms with Crippen molar-refractivity contribution in [1.82, 2.24) is 4.90 Å². The minimum absolute atomic E-state index is 0.0427. The average molecular weight is 229 g/mol. The molecule has 0 spiro atoms. The molecule has 5 nitrogen and oxygen atoms in total. The smallest absolute Gasteiger partial charge is 0.129 e. The summed E-state index contributed by atoms with van der Waals surface area (Å²) in [4.78, 5) is 13.4. The van der Waals surface area contributed by atoms with Crippen LogP contribution in [0.1, 0.15) is 6.42 Å². The third kappa shape index (κ3) is 2.60. The Kier molecular flexibility index (Phi) is 3.91. The van der Waals surface area contributed by atoms with E-state index in [2.05, 4.69) is 4.90 Å². The molecular weight excluding hydrogens is 210 g/mol. The van der Waals surface area contributed by atoms with Crippen LogP contribution in [0.2, 0.25) is 0 Å². The number of ether oxygens (including phenoxy) is 2. The summed E-state index contributed by atoms with van der Waals surface area (Å²) in [5.41, 5.74) is -0.336. The van der Waals surface area contributed by atoms with Crippen LogP contribution >= 0.6 is 0 Å². The lowest BCUT2D eigenvalue weighted by Gasteiger charge is -2.36. The highest BCUT2D eigenvalue weighted by Crippen LogP contribution is 2.27. The minimum atomic E-state index is -0.336. The van der Waals surface area contributed by atoms with Crippen molar-refractivity contribution in [2.45, 2.75) is 12.5 Å². The number of carbonyl (C=O) groups excluding carboxylic acids is 1. The quantitative estimate of drug-likeness (QED) is 0.645. The van der Waals surface area contributed by atoms with Gasteiger partial charge < -0.3 is 19.4 Å². The first kappa shape index (κ1) is 12.0. The highest BCUT2D eigenvalue weighted by Gasteiger charge is 2.37. The van der Waals surface area contributed by atoms with Crippen molar-refractivity contribution in [2.24, 2.45) is 5.41 Å². The van der Waals surface area contributed by atoms with E-state index in [1.165, 1.54) is 0 Å². The maximum atomic E-state index is 11.2. The van der Waals surface area contributed by atoms with Crippen molar-refractivity contribution >= 4 is 6.29 Å². The molecule has 0 amide bonds. The lowest BCUT2D eigenvalue weighted by Crippen LogP contribution is -2.49. The number of hydrogen-bond acceptors (Lipinski definition) is 5. The minimum Gasteiger partial charge on any atom is -0.394 e. The Labute approximate surface area is 95.3 Å². The Morgan fingerprint density at radius 3 is 3.00 bits per heavy atom. The zero-order chi connectivity index (χ0) is 11.4. The van der Waals surface area contributed by atoms with Crippen molar-refractivity contribution in [2.75, 3.05) is 46.1 Å². The van der Waals surface area contributed by atoms with Gasteiger partial charge in [0.05, 0.1) is 31.3 Å². The monoisotopic (exact) mass is 229 g/mol. The summed E-state index contributed by atoms with van der Waals surface area (Å²) >= 11 is 0. The SMILES string of the molecule is O=CC1(CN2CCOC(CO)C2)CCOC1. The van der Waals surface area contributed by atoms with Gasteiger partial charge in [-0.15, -0.1) is 0 Å². The third-order valence-electron chi connectivity index (χ3n) is 3.35. The Hall–Kier alpha value is -0.490. The topological polar surface area (TPSA) is 59.0 Å². The summed E-state index contributed by atoms with van der Waals surface area (Å²) in [7, 11) is 0. The van der Waals surface area contributed by atoms with Gasteiger partial charge in [0.2, 0.25) is 0 Å². The second-order valence-corrected chi connectivity index (χ2v) is 4.69. The molecule has 92 valence electrons. The molecular formula is C11H19NO4. The van der Waals surface area contributed by atoms with Crippen molar-refractivity contribution in [3.63, 3.8) is 0 Å². The molecule has 2 saturated heterocycles. The van der Waals surface area contributed by atoms with Gasteiger partial charge >= 0.3 is 0 Å². The first-order valence-electron chi connectivity index (χ1n) is 5.77. The van der Waals surface area contributed by atoms with E-state index in [0.717, 1.165) is 25.8 Å². The Morgan fingerprint density at radius 2 is 2.38 bits per heavy atom. The van der Waals surface area contributed by atoms with Crippen molar-refractivity contribution in [3.05, 3.63) is 0 Å². The lowest BCUT2D eigenvalue weighted by molar-refractivity contribution is -0.119. The summed E-state index contributed by atoms with van der Waals surface area (Å²) < 4.78 is 10.7. The summed E-state index contributed by atoms with van der Waals surface area (Å²) in [6, 6.07) is 0. The Morgan fingerprint density at radius 1 is 1.50 bits per heavy atom. The average Bonchev–Trinajstić information content (AvgIpc) is 2.78. The fraction of sp³-hybridized carbons (Fsp3) is 0.909. The van der Waals surface area contributed by atoms with Gasteiger partial charge in [-0.2, -0.15) is 0 Å². The molecule has 2 unspecified atom stereocenters. The molecule has 2 rings (SSSR count). The van der Waals surface area contributed by atoms with E-state index in [-0.39, 0.29) is 18.1 Å². The fourth-order valence-electron chi connectivity index (χ4n) is 2.36. The second-order valence-electron chi connectivity index (χ2n) is 4.69. The summed E-state index contributed by atoms with van der Waals surface area (Å²) in [5, 5.41) is 9.05. The van der Waals surface area contributed by atoms with Crippen molar-refractivity contribution in [3.8, 4) is 0 Å². The highest BCUT2D eigenvalue weighted by atomic mass is 16.5. The van der Waals surface area contributed by atoms with Crippen LogP contribution in [-0.2, 0) is 14.3 Å². The van der Waals surface area contributed by atoms with Crippen LogP contribution in [0.3, 0.4) is 0 Å². The Balaban J connectivity index is 1.90. The normalized spacial score (nSPS) is 36.4. The van der Waals surface area contributed by atoms with E-state index in [9.17, 15) is 4.79 Å². The van der Waals surface area contributed by atoms with Crippen LogP contribution < -0.4 is 0 Å². The molecule has 2 atom stereocenters. The number of aldehydes is 1. The predicted molar refractivity (Wildman–Crippen MR) is 57.2 cm³/mol. The fourth-order valence-corrected chi connectivity index (χ4v) is 2.36. The molecule has 0 aliphatic carbocycles. The summed E-state index contributed by atoms with van der Waals surface area (Å²) in [6.07, 6.45) is 1.72. The first-order valence-corrected chi connectivity index (χ1v) is 5.77. The Bertz CT molecular complexity index is 240. The van der Waals surface area contributed by atoms with Crippen LogP contribution in [-0.4, -0.2) is 68.5 Å². The van der Waals surface area contributed by atoms with Crippen LogP contribution in [0.5, 0.6) is 0 Å². The number of aliphatic hydroxyl groups is 1. The molecule has 0 aromatic rings. The molecule has 0 aromatic carbocycles. The highest BCUT2D eigenvalue weighted by molar-refractivity contribution is 5.60. The maximum absolute atomic E-state index is 11.2. The number of carbonyl (C=O) groups is 1. The van der Waals surface area contributed by atoms with Crippen molar-refractivity contribution in [1.29, 1.82) is 0 Å². The van der Waals surface area contributed by atoms with Gasteiger partial charge in [-0.05, 0) is 6.42 Å². The van der Waals surface area contributed by atoms with Crippen LogP contribution in [0, 0.1) is 5.41 Å². The number of morpholine rings is 1. The molecule has 2 aliphatic rings. The van der Waals surface area contributed by atoms with Gasteiger partial charge in [-0.1, -0.05) is 0 Å². The maximum Gasteiger partial charge on any atom is 0.129 e. The van der Waals surface area contributed by atoms with E-state index >= 15 is 0 Å². The largest absolute Gasteiger partial charge is 0.394 e. The molecule has 1 N–H and O–H groups in total. The second kappa shape index (κ2) is 5.23. The van der Waals surface area contributed by atoms with Gasteiger partial charge in [-0.25, -0.2) is 0 Å².